The van der Waals surface area contributed by atoms with Crippen molar-refractivity contribution in [3.8, 4) is 0 Å². The van der Waals surface area contributed by atoms with E-state index in [1.165, 1.54) is 7.05 Å². The predicted molar refractivity (Wildman–Crippen MR) is 53.6 cm³/mol. The topological polar surface area (TPSA) is 64.8 Å². The van der Waals surface area contributed by atoms with E-state index < -0.39 is 11.7 Å². The van der Waals surface area contributed by atoms with Gasteiger partial charge in [0.05, 0.1) is 6.61 Å². The van der Waals surface area contributed by atoms with Crippen molar-refractivity contribution in [2.45, 2.75) is 32.8 Å². The largest absolute Gasteiger partial charge is 0.442 e. The molecule has 5 heteroatoms. The van der Waals surface area contributed by atoms with E-state index in [2.05, 4.69) is 0 Å². The number of nitrogens with zero attached hydrogens (tertiary/aromatic N) is 1. The highest BCUT2D eigenvalue weighted by Gasteiger charge is 2.19. The lowest BCUT2D eigenvalue weighted by atomic mass is 10.2. The summed E-state index contributed by atoms with van der Waals surface area (Å²) in [6.07, 6.45) is 0.224. The minimum Gasteiger partial charge on any atom is -0.442 e. The number of rotatable bonds is 4. The number of carbonyl (C=O) groups excluding carboxylic acids is 1. The van der Waals surface area contributed by atoms with Gasteiger partial charge in [-0.3, -0.25) is 4.84 Å². The first-order valence-electron chi connectivity index (χ1n) is 4.66. The normalized spacial score (nSPS) is 11.2. The van der Waals surface area contributed by atoms with Crippen LogP contribution in [-0.4, -0.2) is 37.0 Å². The van der Waals surface area contributed by atoms with Gasteiger partial charge in [-0.05, 0) is 33.7 Å². The lowest BCUT2D eigenvalue weighted by Crippen LogP contribution is -2.34. The zero-order chi connectivity index (χ0) is 11.2. The van der Waals surface area contributed by atoms with Gasteiger partial charge in [-0.2, -0.15) is 5.06 Å². The van der Waals surface area contributed by atoms with E-state index in [1.807, 2.05) is 0 Å². The van der Waals surface area contributed by atoms with Gasteiger partial charge in [0.25, 0.3) is 0 Å². The maximum Gasteiger partial charge on any atom is 0.434 e. The third-order valence-electron chi connectivity index (χ3n) is 1.28. The smallest absolute Gasteiger partial charge is 0.434 e. The third kappa shape index (κ3) is 6.68. The molecule has 0 fully saturated rings. The van der Waals surface area contributed by atoms with Crippen LogP contribution in [-0.2, 0) is 9.57 Å². The van der Waals surface area contributed by atoms with E-state index in [9.17, 15) is 4.79 Å². The molecule has 2 N–H and O–H groups in total. The highest BCUT2D eigenvalue weighted by molar-refractivity contribution is 5.66. The van der Waals surface area contributed by atoms with Crippen LogP contribution in [0.15, 0.2) is 0 Å². The summed E-state index contributed by atoms with van der Waals surface area (Å²) in [5.41, 5.74) is 4.78. The van der Waals surface area contributed by atoms with Crippen LogP contribution in [0.5, 0.6) is 0 Å². The first-order chi connectivity index (χ1) is 6.37. The Labute approximate surface area is 85.1 Å². The van der Waals surface area contributed by atoms with Crippen molar-refractivity contribution < 1.29 is 14.4 Å². The molecule has 0 aromatic carbocycles. The summed E-state index contributed by atoms with van der Waals surface area (Å²) in [4.78, 5) is 16.4. The average Bonchev–Trinajstić information content (AvgIpc) is 2.01. The molecule has 84 valence electrons. The van der Waals surface area contributed by atoms with Gasteiger partial charge in [0, 0.05) is 7.05 Å². The Kier molecular flexibility index (Phi) is 5.49. The van der Waals surface area contributed by atoms with Crippen molar-refractivity contribution in [3.63, 3.8) is 0 Å². The number of amides is 1. The van der Waals surface area contributed by atoms with Crippen molar-refractivity contribution in [2.24, 2.45) is 5.73 Å². The first-order valence-corrected chi connectivity index (χ1v) is 4.66. The number of carbonyl (C=O) groups is 1. The van der Waals surface area contributed by atoms with Gasteiger partial charge < -0.3 is 10.5 Å². The molecular formula is C9H20N2O3. The predicted octanol–water partition coefficient (Wildman–Crippen LogP) is 1.13. The monoisotopic (exact) mass is 204 g/mol. The van der Waals surface area contributed by atoms with Gasteiger partial charge in [0.1, 0.15) is 5.60 Å². The fourth-order valence-corrected chi connectivity index (χ4v) is 0.664. The molecule has 0 aliphatic carbocycles. The van der Waals surface area contributed by atoms with Crippen LogP contribution in [0, 0.1) is 0 Å². The summed E-state index contributed by atoms with van der Waals surface area (Å²) in [5.74, 6) is 0. The Hall–Kier alpha value is -0.810. The molecule has 0 unspecified atom stereocenters. The lowest BCUT2D eigenvalue weighted by Gasteiger charge is -2.23. The fourth-order valence-electron chi connectivity index (χ4n) is 0.664. The van der Waals surface area contributed by atoms with Gasteiger partial charge in [-0.25, -0.2) is 4.79 Å². The average molecular weight is 204 g/mol. The van der Waals surface area contributed by atoms with E-state index in [-0.39, 0.29) is 0 Å². The van der Waals surface area contributed by atoms with E-state index >= 15 is 0 Å². The highest BCUT2D eigenvalue weighted by atomic mass is 16.7. The van der Waals surface area contributed by atoms with Crippen molar-refractivity contribution in [1.29, 1.82) is 0 Å². The maximum atomic E-state index is 11.3. The van der Waals surface area contributed by atoms with Crippen LogP contribution >= 0.6 is 0 Å². The van der Waals surface area contributed by atoms with E-state index in [1.54, 1.807) is 20.8 Å². The van der Waals surface area contributed by atoms with Crippen molar-refractivity contribution in [1.82, 2.24) is 5.06 Å². The van der Waals surface area contributed by atoms with E-state index in [0.717, 1.165) is 5.06 Å². The zero-order valence-corrected chi connectivity index (χ0v) is 9.37. The number of hydrogen-bond donors (Lipinski definition) is 1. The van der Waals surface area contributed by atoms with Gasteiger partial charge >= 0.3 is 6.09 Å². The first kappa shape index (κ1) is 13.2. The van der Waals surface area contributed by atoms with E-state index in [4.69, 9.17) is 15.3 Å². The minimum absolute atomic E-state index is 0.423. The summed E-state index contributed by atoms with van der Waals surface area (Å²) in [7, 11) is 1.52. The number of nitrogens with two attached hydrogens (primary N) is 1. The molecule has 0 saturated carbocycles. The molecule has 1 amide bonds. The van der Waals surface area contributed by atoms with Crippen molar-refractivity contribution in [3.05, 3.63) is 0 Å². The lowest BCUT2D eigenvalue weighted by molar-refractivity contribution is -0.131. The summed E-state index contributed by atoms with van der Waals surface area (Å²) in [6.45, 7) is 6.38. The molecule has 0 radical (unpaired) electrons. The van der Waals surface area contributed by atoms with Crippen LogP contribution < -0.4 is 5.73 Å². The SMILES string of the molecule is CN(OCCCN)C(=O)OC(C)(C)C. The Morgan fingerprint density at radius 2 is 2.00 bits per heavy atom. The molecule has 0 aromatic heterocycles. The van der Waals surface area contributed by atoms with E-state index in [0.29, 0.717) is 19.6 Å². The standard InChI is InChI=1S/C9H20N2O3/c1-9(2,3)14-8(12)11(4)13-7-5-6-10/h5-7,10H2,1-4H3. The summed E-state index contributed by atoms with van der Waals surface area (Å²) >= 11 is 0. The molecular weight excluding hydrogens is 184 g/mol. The van der Waals surface area contributed by atoms with Crippen LogP contribution in [0.3, 0.4) is 0 Å². The molecule has 5 nitrogen and oxygen atoms in total. The second-order valence-electron chi connectivity index (χ2n) is 3.95. The molecule has 14 heavy (non-hydrogen) atoms. The molecule has 0 aromatic rings. The van der Waals surface area contributed by atoms with Crippen molar-refractivity contribution >= 4 is 6.09 Å². The Bertz CT molecular complexity index is 177. The number of ether oxygens (including phenoxy) is 1. The fraction of sp³-hybridized carbons (Fsp3) is 0.889. The number of hydroxylamine groups is 2. The molecule has 0 heterocycles. The van der Waals surface area contributed by atoms with Gasteiger partial charge in [-0.1, -0.05) is 0 Å². The van der Waals surface area contributed by atoms with Gasteiger partial charge in [0.15, 0.2) is 0 Å². The van der Waals surface area contributed by atoms with Gasteiger partial charge in [0.2, 0.25) is 0 Å². The molecule has 0 spiro atoms. The Morgan fingerprint density at radius 1 is 1.43 bits per heavy atom. The minimum atomic E-state index is -0.497. The number of hydrogen-bond acceptors (Lipinski definition) is 4. The zero-order valence-electron chi connectivity index (χ0n) is 9.37. The van der Waals surface area contributed by atoms with Crippen LogP contribution in [0.4, 0.5) is 4.79 Å². The molecule has 0 bridgehead atoms. The molecule has 0 rings (SSSR count). The maximum absolute atomic E-state index is 11.3. The highest BCUT2D eigenvalue weighted by Crippen LogP contribution is 2.09. The Morgan fingerprint density at radius 3 is 2.43 bits per heavy atom. The summed E-state index contributed by atoms with van der Waals surface area (Å²) in [5, 5.41) is 1.08. The molecule has 0 saturated heterocycles. The molecule has 0 aliphatic heterocycles. The van der Waals surface area contributed by atoms with Gasteiger partial charge in [-0.15, -0.1) is 0 Å². The molecule has 0 aliphatic rings. The second-order valence-corrected chi connectivity index (χ2v) is 3.95. The quantitative estimate of drug-likeness (QED) is 0.551. The second kappa shape index (κ2) is 5.82. The van der Waals surface area contributed by atoms with Crippen molar-refractivity contribution in [2.75, 3.05) is 20.2 Å². The summed E-state index contributed by atoms with van der Waals surface area (Å²) in [6, 6.07) is 0. The van der Waals surface area contributed by atoms with Crippen LogP contribution in [0.1, 0.15) is 27.2 Å². The third-order valence-corrected chi connectivity index (χ3v) is 1.28. The summed E-state index contributed by atoms with van der Waals surface area (Å²) < 4.78 is 5.06. The van der Waals surface area contributed by atoms with Crippen LogP contribution in [0.2, 0.25) is 0 Å². The Balaban J connectivity index is 3.77. The molecule has 0 atom stereocenters. The van der Waals surface area contributed by atoms with Crippen LogP contribution in [0.25, 0.3) is 0 Å².